The quantitative estimate of drug-likeness (QED) is 0.707. The van der Waals surface area contributed by atoms with Gasteiger partial charge in [-0.1, -0.05) is 0 Å². The van der Waals surface area contributed by atoms with Crippen molar-refractivity contribution in [2.45, 2.75) is 18.9 Å². The Morgan fingerprint density at radius 1 is 1.55 bits per heavy atom. The molecule has 0 aliphatic heterocycles. The van der Waals surface area contributed by atoms with Crippen LogP contribution in [-0.2, 0) is 0 Å². The maximum atomic E-state index is 12.8. The van der Waals surface area contributed by atoms with Crippen molar-refractivity contribution in [2.24, 2.45) is 11.7 Å². The SMILES string of the molecule is NC(c1cocc1F)C1CC1. The lowest BCUT2D eigenvalue weighted by Gasteiger charge is -2.05. The van der Waals surface area contributed by atoms with E-state index in [4.69, 9.17) is 5.73 Å². The Morgan fingerprint density at radius 3 is 2.73 bits per heavy atom. The first-order valence-corrected chi connectivity index (χ1v) is 3.76. The van der Waals surface area contributed by atoms with Crippen molar-refractivity contribution in [3.63, 3.8) is 0 Å². The molecule has 2 rings (SSSR count). The van der Waals surface area contributed by atoms with Crippen LogP contribution in [-0.4, -0.2) is 0 Å². The second kappa shape index (κ2) is 2.34. The molecule has 0 amide bonds. The van der Waals surface area contributed by atoms with Crippen LogP contribution in [0.25, 0.3) is 0 Å². The van der Waals surface area contributed by atoms with Crippen molar-refractivity contribution in [3.05, 3.63) is 23.9 Å². The van der Waals surface area contributed by atoms with Crippen molar-refractivity contribution >= 4 is 0 Å². The Bertz CT molecular complexity index is 254. The van der Waals surface area contributed by atoms with Gasteiger partial charge in [0.05, 0.1) is 6.26 Å². The van der Waals surface area contributed by atoms with Crippen LogP contribution in [0.1, 0.15) is 24.4 Å². The fraction of sp³-hybridized carbons (Fsp3) is 0.500. The van der Waals surface area contributed by atoms with Crippen LogP contribution in [0.5, 0.6) is 0 Å². The molecule has 1 fully saturated rings. The van der Waals surface area contributed by atoms with Crippen LogP contribution in [0.2, 0.25) is 0 Å². The summed E-state index contributed by atoms with van der Waals surface area (Å²) in [6.45, 7) is 0. The van der Waals surface area contributed by atoms with Gasteiger partial charge in [-0.05, 0) is 18.8 Å². The summed E-state index contributed by atoms with van der Waals surface area (Å²) in [6.07, 6.45) is 4.73. The highest BCUT2D eigenvalue weighted by Gasteiger charge is 2.31. The van der Waals surface area contributed by atoms with Crippen LogP contribution >= 0.6 is 0 Å². The Labute approximate surface area is 64.2 Å². The molecular weight excluding hydrogens is 145 g/mol. The van der Waals surface area contributed by atoms with Crippen LogP contribution in [0.4, 0.5) is 4.39 Å². The predicted octanol–water partition coefficient (Wildman–Crippen LogP) is 1.83. The molecule has 0 spiro atoms. The summed E-state index contributed by atoms with van der Waals surface area (Å²) < 4.78 is 17.5. The monoisotopic (exact) mass is 155 g/mol. The molecule has 0 saturated heterocycles. The lowest BCUT2D eigenvalue weighted by atomic mass is 10.1. The van der Waals surface area contributed by atoms with Crippen LogP contribution in [0, 0.1) is 11.7 Å². The van der Waals surface area contributed by atoms with Gasteiger partial charge in [0.2, 0.25) is 0 Å². The normalized spacial score (nSPS) is 20.2. The van der Waals surface area contributed by atoms with Crippen molar-refractivity contribution in [2.75, 3.05) is 0 Å². The van der Waals surface area contributed by atoms with Gasteiger partial charge < -0.3 is 10.2 Å². The fourth-order valence-corrected chi connectivity index (χ4v) is 1.24. The second-order valence-corrected chi connectivity index (χ2v) is 3.04. The average Bonchev–Trinajstić information content (AvgIpc) is 2.74. The van der Waals surface area contributed by atoms with Crippen molar-refractivity contribution in [1.29, 1.82) is 0 Å². The zero-order chi connectivity index (χ0) is 7.84. The lowest BCUT2D eigenvalue weighted by Crippen LogP contribution is -2.12. The molecule has 60 valence electrons. The summed E-state index contributed by atoms with van der Waals surface area (Å²) in [7, 11) is 0. The molecule has 1 aromatic rings. The maximum absolute atomic E-state index is 12.8. The molecule has 3 heteroatoms. The maximum Gasteiger partial charge on any atom is 0.166 e. The minimum Gasteiger partial charge on any atom is -0.469 e. The number of hydrogen-bond donors (Lipinski definition) is 1. The summed E-state index contributed by atoms with van der Waals surface area (Å²) in [5.41, 5.74) is 6.27. The molecule has 1 unspecified atom stereocenters. The highest BCUT2D eigenvalue weighted by molar-refractivity contribution is 5.16. The second-order valence-electron chi connectivity index (χ2n) is 3.04. The van der Waals surface area contributed by atoms with E-state index >= 15 is 0 Å². The smallest absolute Gasteiger partial charge is 0.166 e. The van der Waals surface area contributed by atoms with E-state index in [-0.39, 0.29) is 11.9 Å². The Hall–Kier alpha value is -0.830. The van der Waals surface area contributed by atoms with E-state index < -0.39 is 0 Å². The van der Waals surface area contributed by atoms with E-state index in [1.54, 1.807) is 0 Å². The van der Waals surface area contributed by atoms with E-state index in [9.17, 15) is 4.39 Å². The standard InChI is InChI=1S/C8H10FNO/c9-7-4-11-3-6(7)8(10)5-1-2-5/h3-5,8H,1-2,10H2. The number of nitrogens with two attached hydrogens (primary N) is 1. The molecule has 1 heterocycles. The van der Waals surface area contributed by atoms with Gasteiger partial charge >= 0.3 is 0 Å². The number of furan rings is 1. The van der Waals surface area contributed by atoms with E-state index in [0.717, 1.165) is 19.1 Å². The molecule has 0 radical (unpaired) electrons. The first-order chi connectivity index (χ1) is 5.29. The minimum absolute atomic E-state index is 0.159. The average molecular weight is 155 g/mol. The van der Waals surface area contributed by atoms with Crippen LogP contribution in [0.15, 0.2) is 16.9 Å². The first kappa shape index (κ1) is 6.85. The van der Waals surface area contributed by atoms with E-state index in [1.807, 2.05) is 0 Å². The van der Waals surface area contributed by atoms with Crippen LogP contribution < -0.4 is 5.73 Å². The fourth-order valence-electron chi connectivity index (χ4n) is 1.24. The van der Waals surface area contributed by atoms with E-state index in [1.165, 1.54) is 6.26 Å². The molecule has 2 N–H and O–H groups in total. The summed E-state index contributed by atoms with van der Waals surface area (Å²) in [5.74, 6) is 0.159. The van der Waals surface area contributed by atoms with Gasteiger partial charge in [0.25, 0.3) is 0 Å². The van der Waals surface area contributed by atoms with Gasteiger partial charge in [-0.25, -0.2) is 4.39 Å². The summed E-state index contributed by atoms with van der Waals surface area (Å²) in [4.78, 5) is 0. The van der Waals surface area contributed by atoms with Gasteiger partial charge in [-0.2, -0.15) is 0 Å². The molecular formula is C8H10FNO. The molecule has 1 aliphatic carbocycles. The Balaban J connectivity index is 2.20. The molecule has 0 aromatic carbocycles. The molecule has 11 heavy (non-hydrogen) atoms. The predicted molar refractivity (Wildman–Crippen MR) is 38.3 cm³/mol. The van der Waals surface area contributed by atoms with Gasteiger partial charge in [0, 0.05) is 11.6 Å². The van der Waals surface area contributed by atoms with E-state index in [0.29, 0.717) is 11.5 Å². The number of hydrogen-bond acceptors (Lipinski definition) is 2. The van der Waals surface area contributed by atoms with Crippen molar-refractivity contribution in [1.82, 2.24) is 0 Å². The molecule has 0 bridgehead atoms. The minimum atomic E-state index is -0.315. The summed E-state index contributed by atoms with van der Waals surface area (Å²) in [5, 5.41) is 0. The lowest BCUT2D eigenvalue weighted by molar-refractivity contribution is 0.532. The van der Waals surface area contributed by atoms with Crippen LogP contribution in [0.3, 0.4) is 0 Å². The van der Waals surface area contributed by atoms with Gasteiger partial charge in [-0.15, -0.1) is 0 Å². The summed E-state index contributed by atoms with van der Waals surface area (Å²) in [6, 6.07) is -0.159. The molecule has 1 atom stereocenters. The zero-order valence-corrected chi connectivity index (χ0v) is 6.09. The third-order valence-electron chi connectivity index (χ3n) is 2.13. The zero-order valence-electron chi connectivity index (χ0n) is 6.09. The van der Waals surface area contributed by atoms with Crippen molar-refractivity contribution in [3.8, 4) is 0 Å². The third kappa shape index (κ3) is 1.16. The molecule has 2 nitrogen and oxygen atoms in total. The Morgan fingerprint density at radius 2 is 2.27 bits per heavy atom. The van der Waals surface area contributed by atoms with Gasteiger partial charge in [0.1, 0.15) is 6.26 Å². The van der Waals surface area contributed by atoms with Crippen molar-refractivity contribution < 1.29 is 8.81 Å². The number of rotatable bonds is 2. The molecule has 1 aromatic heterocycles. The van der Waals surface area contributed by atoms with Gasteiger partial charge in [0.15, 0.2) is 5.82 Å². The highest BCUT2D eigenvalue weighted by atomic mass is 19.1. The molecule has 1 saturated carbocycles. The number of halogens is 1. The van der Waals surface area contributed by atoms with E-state index in [2.05, 4.69) is 4.42 Å². The summed E-state index contributed by atoms with van der Waals surface area (Å²) >= 11 is 0. The van der Waals surface area contributed by atoms with Gasteiger partial charge in [-0.3, -0.25) is 0 Å². The third-order valence-corrected chi connectivity index (χ3v) is 2.13. The topological polar surface area (TPSA) is 39.2 Å². The first-order valence-electron chi connectivity index (χ1n) is 3.76. The largest absolute Gasteiger partial charge is 0.469 e. The molecule has 1 aliphatic rings. The highest BCUT2D eigenvalue weighted by Crippen LogP contribution is 2.40. The Kier molecular flexibility index (Phi) is 1.46.